The molecule has 0 aliphatic heterocycles. The summed E-state index contributed by atoms with van der Waals surface area (Å²) in [5.41, 5.74) is 2.26. The number of hydrogen-bond donors (Lipinski definition) is 1. The van der Waals surface area contributed by atoms with Crippen molar-refractivity contribution in [3.63, 3.8) is 0 Å². The molecule has 0 radical (unpaired) electrons. The number of carbonyl (C=O) groups is 1. The van der Waals surface area contributed by atoms with Gasteiger partial charge in [-0.15, -0.1) is 0 Å². The van der Waals surface area contributed by atoms with Crippen LogP contribution in [0.5, 0.6) is 5.75 Å². The fourth-order valence-electron chi connectivity index (χ4n) is 1.80. The van der Waals surface area contributed by atoms with E-state index in [0.717, 1.165) is 21.3 Å². The molecule has 2 aromatic carbocycles. The topological polar surface area (TPSA) is 46.5 Å². The summed E-state index contributed by atoms with van der Waals surface area (Å²) < 4.78 is 6.55. The predicted molar refractivity (Wildman–Crippen MR) is 81.9 cm³/mol. The van der Waals surface area contributed by atoms with Gasteiger partial charge in [-0.05, 0) is 41.8 Å². The molecule has 0 heterocycles. The average Bonchev–Trinajstić information content (AvgIpc) is 2.45. The molecule has 0 fully saturated rings. The van der Waals surface area contributed by atoms with Crippen LogP contribution in [0.4, 0.5) is 0 Å². The van der Waals surface area contributed by atoms with E-state index in [1.807, 2.05) is 48.5 Å². The van der Waals surface area contributed by atoms with Crippen molar-refractivity contribution in [2.45, 2.75) is 12.8 Å². The molecule has 3 nitrogen and oxygen atoms in total. The van der Waals surface area contributed by atoms with Crippen LogP contribution in [0, 0.1) is 0 Å². The molecule has 104 valence electrons. The zero-order chi connectivity index (χ0) is 14.4. The number of carboxylic acid groups (broad SMARTS) is 1. The Kier molecular flexibility index (Phi) is 5.18. The third-order valence-electron chi connectivity index (χ3n) is 2.84. The summed E-state index contributed by atoms with van der Waals surface area (Å²) in [6.45, 7) is 0.421. The van der Waals surface area contributed by atoms with Gasteiger partial charge in [-0.25, -0.2) is 0 Å². The molecule has 0 aliphatic rings. The van der Waals surface area contributed by atoms with Crippen LogP contribution in [0.1, 0.15) is 12.8 Å². The van der Waals surface area contributed by atoms with Crippen molar-refractivity contribution in [3.8, 4) is 16.9 Å². The second kappa shape index (κ2) is 7.10. The highest BCUT2D eigenvalue weighted by Gasteiger charge is 2.00. The van der Waals surface area contributed by atoms with Crippen molar-refractivity contribution in [3.05, 3.63) is 53.0 Å². The molecule has 0 saturated carbocycles. The van der Waals surface area contributed by atoms with Crippen LogP contribution in [-0.2, 0) is 4.79 Å². The molecule has 0 spiro atoms. The van der Waals surface area contributed by atoms with Crippen molar-refractivity contribution in [1.29, 1.82) is 0 Å². The van der Waals surface area contributed by atoms with Crippen LogP contribution in [-0.4, -0.2) is 17.7 Å². The highest BCUT2D eigenvalue weighted by molar-refractivity contribution is 9.10. The van der Waals surface area contributed by atoms with Crippen molar-refractivity contribution < 1.29 is 14.6 Å². The minimum absolute atomic E-state index is 0.136. The standard InChI is InChI=1S/C16H15BrO3/c17-14-7-3-12(4-8-14)13-5-9-15(10-6-13)20-11-1-2-16(18)19/h3-10H,1-2,11H2,(H,18,19). The molecule has 0 bridgehead atoms. The number of aliphatic carboxylic acids is 1. The molecule has 0 atom stereocenters. The summed E-state index contributed by atoms with van der Waals surface area (Å²) >= 11 is 3.41. The molecule has 4 heteroatoms. The minimum Gasteiger partial charge on any atom is -0.494 e. The molecule has 0 amide bonds. The molecular weight excluding hydrogens is 320 g/mol. The summed E-state index contributed by atoms with van der Waals surface area (Å²) in [6.07, 6.45) is 0.654. The van der Waals surface area contributed by atoms with E-state index < -0.39 is 5.97 Å². The summed E-state index contributed by atoms with van der Waals surface area (Å²) in [7, 11) is 0. The maximum Gasteiger partial charge on any atom is 0.303 e. The van der Waals surface area contributed by atoms with Gasteiger partial charge in [-0.3, -0.25) is 4.79 Å². The van der Waals surface area contributed by atoms with Gasteiger partial charge in [0.25, 0.3) is 0 Å². The van der Waals surface area contributed by atoms with Gasteiger partial charge in [0.2, 0.25) is 0 Å². The van der Waals surface area contributed by atoms with Gasteiger partial charge in [-0.1, -0.05) is 40.2 Å². The zero-order valence-electron chi connectivity index (χ0n) is 10.9. The highest BCUT2D eigenvalue weighted by atomic mass is 79.9. The maximum absolute atomic E-state index is 10.4. The molecule has 2 rings (SSSR count). The van der Waals surface area contributed by atoms with Crippen molar-refractivity contribution in [2.75, 3.05) is 6.61 Å². The van der Waals surface area contributed by atoms with E-state index in [4.69, 9.17) is 9.84 Å². The lowest BCUT2D eigenvalue weighted by molar-refractivity contribution is -0.137. The number of halogens is 1. The Balaban J connectivity index is 1.92. The van der Waals surface area contributed by atoms with Gasteiger partial charge in [0.15, 0.2) is 0 Å². The normalized spacial score (nSPS) is 10.2. The Labute approximate surface area is 126 Å². The minimum atomic E-state index is -0.792. The first-order valence-electron chi connectivity index (χ1n) is 6.36. The Bertz CT molecular complexity index is 561. The predicted octanol–water partition coefficient (Wildman–Crippen LogP) is 4.36. The van der Waals surface area contributed by atoms with E-state index in [2.05, 4.69) is 15.9 Å². The lowest BCUT2D eigenvalue weighted by Crippen LogP contribution is -2.01. The molecule has 0 aromatic heterocycles. The molecule has 20 heavy (non-hydrogen) atoms. The van der Waals surface area contributed by atoms with Gasteiger partial charge >= 0.3 is 5.97 Å². The van der Waals surface area contributed by atoms with Gasteiger partial charge in [0.05, 0.1) is 6.61 Å². The number of ether oxygens (including phenoxy) is 1. The van der Waals surface area contributed by atoms with Crippen LogP contribution < -0.4 is 4.74 Å². The van der Waals surface area contributed by atoms with Gasteiger partial charge in [0.1, 0.15) is 5.75 Å². The molecular formula is C16H15BrO3. The molecule has 2 aromatic rings. The SMILES string of the molecule is O=C(O)CCCOc1ccc(-c2ccc(Br)cc2)cc1. The Morgan fingerprint density at radius 3 is 2.10 bits per heavy atom. The summed E-state index contributed by atoms with van der Waals surface area (Å²) in [5, 5.41) is 8.53. The first-order chi connectivity index (χ1) is 9.65. The van der Waals surface area contributed by atoms with E-state index in [1.165, 1.54) is 0 Å². The first kappa shape index (κ1) is 14.6. The fraction of sp³-hybridized carbons (Fsp3) is 0.188. The van der Waals surface area contributed by atoms with Crippen LogP contribution >= 0.6 is 15.9 Å². The maximum atomic E-state index is 10.4. The van der Waals surface area contributed by atoms with Crippen molar-refractivity contribution in [2.24, 2.45) is 0 Å². The third-order valence-corrected chi connectivity index (χ3v) is 3.36. The molecule has 0 aliphatic carbocycles. The van der Waals surface area contributed by atoms with Crippen LogP contribution in [0.3, 0.4) is 0 Å². The lowest BCUT2D eigenvalue weighted by atomic mass is 10.1. The quantitative estimate of drug-likeness (QED) is 0.798. The summed E-state index contributed by atoms with van der Waals surface area (Å²) in [6, 6.07) is 15.9. The Morgan fingerprint density at radius 1 is 1.00 bits per heavy atom. The van der Waals surface area contributed by atoms with Crippen molar-refractivity contribution in [1.82, 2.24) is 0 Å². The Morgan fingerprint density at radius 2 is 1.55 bits per heavy atom. The Hall–Kier alpha value is -1.81. The van der Waals surface area contributed by atoms with E-state index in [-0.39, 0.29) is 6.42 Å². The van der Waals surface area contributed by atoms with Crippen LogP contribution in [0.15, 0.2) is 53.0 Å². The number of benzene rings is 2. The van der Waals surface area contributed by atoms with Crippen LogP contribution in [0.25, 0.3) is 11.1 Å². The van der Waals surface area contributed by atoms with E-state index in [9.17, 15) is 4.79 Å². The zero-order valence-corrected chi connectivity index (χ0v) is 12.5. The van der Waals surface area contributed by atoms with E-state index >= 15 is 0 Å². The smallest absolute Gasteiger partial charge is 0.303 e. The van der Waals surface area contributed by atoms with E-state index in [0.29, 0.717) is 13.0 Å². The monoisotopic (exact) mass is 334 g/mol. The highest BCUT2D eigenvalue weighted by Crippen LogP contribution is 2.24. The van der Waals surface area contributed by atoms with Gasteiger partial charge < -0.3 is 9.84 Å². The molecule has 1 N–H and O–H groups in total. The third kappa shape index (κ3) is 4.38. The lowest BCUT2D eigenvalue weighted by Gasteiger charge is -2.07. The van der Waals surface area contributed by atoms with E-state index in [1.54, 1.807) is 0 Å². The second-order valence-corrected chi connectivity index (χ2v) is 5.29. The first-order valence-corrected chi connectivity index (χ1v) is 7.15. The van der Waals surface area contributed by atoms with Crippen molar-refractivity contribution >= 4 is 21.9 Å². The number of rotatable bonds is 6. The average molecular weight is 335 g/mol. The number of hydrogen-bond acceptors (Lipinski definition) is 2. The summed E-state index contributed by atoms with van der Waals surface area (Å²) in [5.74, 6) is -0.0320. The molecule has 0 saturated heterocycles. The largest absolute Gasteiger partial charge is 0.494 e. The number of carboxylic acids is 1. The molecule has 0 unspecified atom stereocenters. The van der Waals surface area contributed by atoms with Gasteiger partial charge in [-0.2, -0.15) is 0 Å². The second-order valence-electron chi connectivity index (χ2n) is 4.38. The van der Waals surface area contributed by atoms with Crippen LogP contribution in [0.2, 0.25) is 0 Å². The van der Waals surface area contributed by atoms with Gasteiger partial charge in [0, 0.05) is 10.9 Å². The summed E-state index contributed by atoms with van der Waals surface area (Å²) in [4.78, 5) is 10.4. The fourth-order valence-corrected chi connectivity index (χ4v) is 2.06.